The minimum Gasteiger partial charge on any atom is -0.380 e. The van der Waals surface area contributed by atoms with Gasteiger partial charge in [0.25, 0.3) is 0 Å². The standard InChI is InChI=1S/C17H20N2O3S/c20-23(21,17-7-4-8-18-12-17)19-9-10-22-14-16(13-19)11-15-5-2-1-3-6-15/h1-8,12,16H,9-11,13-14H2/t16-/m0/s1. The smallest absolute Gasteiger partial charge is 0.244 e. The van der Waals surface area contributed by atoms with Crippen LogP contribution in [0.5, 0.6) is 0 Å². The number of ether oxygens (including phenoxy) is 1. The molecule has 0 saturated carbocycles. The molecule has 1 aliphatic rings. The molecule has 0 radical (unpaired) electrons. The highest BCUT2D eigenvalue weighted by molar-refractivity contribution is 7.89. The number of pyridine rings is 1. The Hall–Kier alpha value is -1.76. The van der Waals surface area contributed by atoms with Gasteiger partial charge in [0.15, 0.2) is 0 Å². The molecule has 0 spiro atoms. The van der Waals surface area contributed by atoms with E-state index in [0.29, 0.717) is 26.3 Å². The summed E-state index contributed by atoms with van der Waals surface area (Å²) in [6.07, 6.45) is 3.77. The van der Waals surface area contributed by atoms with Crippen LogP contribution >= 0.6 is 0 Å². The van der Waals surface area contributed by atoms with Crippen molar-refractivity contribution in [1.82, 2.24) is 9.29 Å². The summed E-state index contributed by atoms with van der Waals surface area (Å²) in [5.74, 6) is 0.145. The summed E-state index contributed by atoms with van der Waals surface area (Å²) in [5.41, 5.74) is 1.20. The molecule has 0 aliphatic carbocycles. The largest absolute Gasteiger partial charge is 0.380 e. The van der Waals surface area contributed by atoms with Crippen LogP contribution in [0.4, 0.5) is 0 Å². The number of aromatic nitrogens is 1. The number of benzene rings is 1. The van der Waals surface area contributed by atoms with E-state index in [1.165, 1.54) is 16.1 Å². The first-order chi connectivity index (χ1) is 11.2. The van der Waals surface area contributed by atoms with Crippen LogP contribution in [-0.2, 0) is 21.2 Å². The van der Waals surface area contributed by atoms with Gasteiger partial charge in [-0.1, -0.05) is 30.3 Å². The highest BCUT2D eigenvalue weighted by Gasteiger charge is 2.29. The average Bonchev–Trinajstić information content (AvgIpc) is 2.83. The molecule has 5 nitrogen and oxygen atoms in total. The minimum absolute atomic E-state index is 0.145. The Morgan fingerprint density at radius 3 is 2.74 bits per heavy atom. The van der Waals surface area contributed by atoms with Gasteiger partial charge in [0.2, 0.25) is 10.0 Å². The molecule has 0 bridgehead atoms. The Balaban J connectivity index is 1.77. The lowest BCUT2D eigenvalue weighted by Crippen LogP contribution is -2.36. The van der Waals surface area contributed by atoms with Crippen LogP contribution in [0.1, 0.15) is 5.56 Å². The molecule has 1 aromatic carbocycles. The van der Waals surface area contributed by atoms with E-state index in [9.17, 15) is 8.42 Å². The van der Waals surface area contributed by atoms with E-state index < -0.39 is 10.0 Å². The summed E-state index contributed by atoms with van der Waals surface area (Å²) in [6, 6.07) is 13.3. The maximum atomic E-state index is 12.8. The van der Waals surface area contributed by atoms with Crippen molar-refractivity contribution in [3.8, 4) is 0 Å². The maximum absolute atomic E-state index is 12.8. The van der Waals surface area contributed by atoms with E-state index in [4.69, 9.17) is 4.74 Å². The third-order valence-electron chi connectivity index (χ3n) is 3.94. The Kier molecular flexibility index (Phi) is 5.05. The van der Waals surface area contributed by atoms with Crippen LogP contribution in [-0.4, -0.2) is 44.0 Å². The molecule has 0 unspecified atom stereocenters. The topological polar surface area (TPSA) is 59.5 Å². The number of sulfonamides is 1. The van der Waals surface area contributed by atoms with Gasteiger partial charge < -0.3 is 4.74 Å². The van der Waals surface area contributed by atoms with Gasteiger partial charge in [-0.05, 0) is 24.1 Å². The first-order valence-electron chi connectivity index (χ1n) is 7.68. The summed E-state index contributed by atoms with van der Waals surface area (Å²) < 4.78 is 32.7. The second kappa shape index (κ2) is 7.21. The number of rotatable bonds is 4. The number of hydrogen-bond donors (Lipinski definition) is 0. The van der Waals surface area contributed by atoms with Gasteiger partial charge in [-0.15, -0.1) is 0 Å². The monoisotopic (exact) mass is 332 g/mol. The molecule has 2 heterocycles. The van der Waals surface area contributed by atoms with Crippen LogP contribution in [0.3, 0.4) is 0 Å². The van der Waals surface area contributed by atoms with E-state index in [2.05, 4.69) is 17.1 Å². The van der Waals surface area contributed by atoms with Crippen molar-refractivity contribution in [3.63, 3.8) is 0 Å². The number of nitrogens with zero attached hydrogens (tertiary/aromatic N) is 2. The van der Waals surface area contributed by atoms with E-state index in [-0.39, 0.29) is 10.8 Å². The van der Waals surface area contributed by atoms with E-state index in [0.717, 1.165) is 6.42 Å². The second-order valence-corrected chi connectivity index (χ2v) is 7.62. The molecule has 2 aromatic rings. The summed E-state index contributed by atoms with van der Waals surface area (Å²) in [6.45, 7) is 1.84. The van der Waals surface area contributed by atoms with Crippen molar-refractivity contribution in [2.45, 2.75) is 11.3 Å². The molecule has 23 heavy (non-hydrogen) atoms. The van der Waals surface area contributed by atoms with Crippen molar-refractivity contribution >= 4 is 10.0 Å². The van der Waals surface area contributed by atoms with Gasteiger partial charge in [-0.3, -0.25) is 4.98 Å². The van der Waals surface area contributed by atoms with E-state index in [1.807, 2.05) is 18.2 Å². The fraction of sp³-hybridized carbons (Fsp3) is 0.353. The third-order valence-corrected chi connectivity index (χ3v) is 5.79. The summed E-state index contributed by atoms with van der Waals surface area (Å²) >= 11 is 0. The van der Waals surface area contributed by atoms with Crippen LogP contribution in [0.15, 0.2) is 59.8 Å². The van der Waals surface area contributed by atoms with Gasteiger partial charge in [0, 0.05) is 31.4 Å². The van der Waals surface area contributed by atoms with Crippen LogP contribution in [0.25, 0.3) is 0 Å². The van der Waals surface area contributed by atoms with Crippen molar-refractivity contribution in [2.75, 3.05) is 26.3 Å². The predicted octanol–water partition coefficient (Wildman–Crippen LogP) is 1.96. The lowest BCUT2D eigenvalue weighted by molar-refractivity contribution is 0.123. The average molecular weight is 332 g/mol. The Labute approximate surface area is 137 Å². The fourth-order valence-corrected chi connectivity index (χ4v) is 4.25. The molecule has 0 N–H and O–H groups in total. The zero-order valence-electron chi connectivity index (χ0n) is 12.8. The third kappa shape index (κ3) is 3.96. The summed E-state index contributed by atoms with van der Waals surface area (Å²) in [7, 11) is -3.52. The molecular weight excluding hydrogens is 312 g/mol. The molecule has 122 valence electrons. The van der Waals surface area contributed by atoms with E-state index >= 15 is 0 Å². The molecule has 1 fully saturated rings. The first kappa shape index (κ1) is 16.1. The van der Waals surface area contributed by atoms with Crippen molar-refractivity contribution in [1.29, 1.82) is 0 Å². The SMILES string of the molecule is O=S(=O)(c1cccnc1)N1CCOC[C@@H](Cc2ccccc2)C1. The summed E-state index contributed by atoms with van der Waals surface area (Å²) in [5, 5.41) is 0. The lowest BCUT2D eigenvalue weighted by Gasteiger charge is -2.23. The zero-order valence-corrected chi connectivity index (χ0v) is 13.7. The second-order valence-electron chi connectivity index (χ2n) is 5.68. The molecule has 1 saturated heterocycles. The highest BCUT2D eigenvalue weighted by Crippen LogP contribution is 2.20. The predicted molar refractivity (Wildman–Crippen MR) is 87.5 cm³/mol. The van der Waals surface area contributed by atoms with Crippen LogP contribution in [0.2, 0.25) is 0 Å². The molecular formula is C17H20N2O3S. The molecule has 1 aromatic heterocycles. The van der Waals surface area contributed by atoms with Crippen molar-refractivity contribution in [3.05, 3.63) is 60.4 Å². The quantitative estimate of drug-likeness (QED) is 0.859. The Bertz CT molecular complexity index is 720. The van der Waals surface area contributed by atoms with Gasteiger partial charge in [0.05, 0.1) is 13.2 Å². The highest BCUT2D eigenvalue weighted by atomic mass is 32.2. The van der Waals surface area contributed by atoms with Crippen molar-refractivity contribution in [2.24, 2.45) is 5.92 Å². The maximum Gasteiger partial charge on any atom is 0.244 e. The molecule has 1 aliphatic heterocycles. The fourth-order valence-electron chi connectivity index (χ4n) is 2.79. The van der Waals surface area contributed by atoms with Gasteiger partial charge in [-0.25, -0.2) is 8.42 Å². The Morgan fingerprint density at radius 2 is 2.00 bits per heavy atom. The lowest BCUT2D eigenvalue weighted by atomic mass is 10.0. The first-order valence-corrected chi connectivity index (χ1v) is 9.12. The van der Waals surface area contributed by atoms with Crippen molar-refractivity contribution < 1.29 is 13.2 Å². The van der Waals surface area contributed by atoms with E-state index in [1.54, 1.807) is 18.3 Å². The summed E-state index contributed by atoms with van der Waals surface area (Å²) in [4.78, 5) is 4.16. The molecule has 0 amide bonds. The van der Waals surface area contributed by atoms with Gasteiger partial charge >= 0.3 is 0 Å². The minimum atomic E-state index is -3.52. The van der Waals surface area contributed by atoms with Crippen LogP contribution < -0.4 is 0 Å². The Morgan fingerprint density at radius 1 is 1.17 bits per heavy atom. The zero-order chi connectivity index (χ0) is 16.1. The van der Waals surface area contributed by atoms with Gasteiger partial charge in [0.1, 0.15) is 4.90 Å². The van der Waals surface area contributed by atoms with Gasteiger partial charge in [-0.2, -0.15) is 4.31 Å². The number of hydrogen-bond acceptors (Lipinski definition) is 4. The normalized spacial score (nSPS) is 20.1. The molecule has 1 atom stereocenters. The molecule has 6 heteroatoms. The molecule has 3 rings (SSSR count). The van der Waals surface area contributed by atoms with Crippen LogP contribution in [0, 0.1) is 5.92 Å².